The van der Waals surface area contributed by atoms with E-state index in [1.165, 1.54) is 12.8 Å². The molecule has 0 spiro atoms. The van der Waals surface area contributed by atoms with Gasteiger partial charge in [-0.15, -0.1) is 0 Å². The van der Waals surface area contributed by atoms with Gasteiger partial charge in [-0.1, -0.05) is 6.07 Å². The van der Waals surface area contributed by atoms with E-state index in [1.54, 1.807) is 10.7 Å². The molecule has 6 heteroatoms. The van der Waals surface area contributed by atoms with E-state index in [0.717, 1.165) is 42.7 Å². The fourth-order valence-corrected chi connectivity index (χ4v) is 4.11. The number of carbonyl (C=O) groups excluding carboxylic acids is 1. The number of piperidine rings is 1. The Labute approximate surface area is 163 Å². The second kappa shape index (κ2) is 6.93. The van der Waals surface area contributed by atoms with Crippen LogP contribution in [0.5, 0.6) is 0 Å². The van der Waals surface area contributed by atoms with E-state index < -0.39 is 0 Å². The Hall–Kier alpha value is -2.89. The van der Waals surface area contributed by atoms with E-state index in [-0.39, 0.29) is 11.5 Å². The van der Waals surface area contributed by atoms with Crippen molar-refractivity contribution in [3.63, 3.8) is 0 Å². The largest absolute Gasteiger partial charge is 0.339 e. The first-order valence-electron chi connectivity index (χ1n) is 10.1. The zero-order chi connectivity index (χ0) is 19.1. The minimum absolute atomic E-state index is 0.0246. The molecular formula is C22H24N4O2. The molecule has 0 radical (unpaired) electrons. The Morgan fingerprint density at radius 1 is 1.07 bits per heavy atom. The van der Waals surface area contributed by atoms with Crippen molar-refractivity contribution in [2.24, 2.45) is 5.92 Å². The average molecular weight is 376 g/mol. The van der Waals surface area contributed by atoms with Gasteiger partial charge in [-0.2, -0.15) is 5.10 Å². The molecule has 0 atom stereocenters. The minimum atomic E-state index is -0.0246. The van der Waals surface area contributed by atoms with Gasteiger partial charge in [0.2, 0.25) is 0 Å². The third-order valence-corrected chi connectivity index (χ3v) is 5.97. The third kappa shape index (κ3) is 3.35. The van der Waals surface area contributed by atoms with Gasteiger partial charge in [-0.3, -0.25) is 9.59 Å². The van der Waals surface area contributed by atoms with Gasteiger partial charge in [0.1, 0.15) is 0 Å². The summed E-state index contributed by atoms with van der Waals surface area (Å²) in [7, 11) is 0. The maximum atomic E-state index is 12.9. The molecule has 1 amide bonds. The fraction of sp³-hybridized carbons (Fsp3) is 0.409. The van der Waals surface area contributed by atoms with Crippen molar-refractivity contribution < 1.29 is 4.79 Å². The SMILES string of the molecule is O=C(c1cc2ccccn2c1)N1CCC(Cn2nc(C3CC3)ccc2=O)CC1. The van der Waals surface area contributed by atoms with Gasteiger partial charge < -0.3 is 9.30 Å². The maximum absolute atomic E-state index is 12.9. The van der Waals surface area contributed by atoms with Crippen molar-refractivity contribution >= 4 is 11.4 Å². The predicted octanol–water partition coefficient (Wildman–Crippen LogP) is 2.93. The molecule has 5 rings (SSSR count). The minimum Gasteiger partial charge on any atom is -0.339 e. The lowest BCUT2D eigenvalue weighted by molar-refractivity contribution is 0.0680. The molecule has 1 aliphatic carbocycles. The lowest BCUT2D eigenvalue weighted by Gasteiger charge is -2.31. The van der Waals surface area contributed by atoms with Gasteiger partial charge >= 0.3 is 0 Å². The quantitative estimate of drug-likeness (QED) is 0.703. The number of carbonyl (C=O) groups is 1. The van der Waals surface area contributed by atoms with Gasteiger partial charge in [0.15, 0.2) is 0 Å². The second-order valence-corrected chi connectivity index (χ2v) is 8.05. The Kier molecular flexibility index (Phi) is 4.26. The van der Waals surface area contributed by atoms with Crippen molar-refractivity contribution in [1.29, 1.82) is 0 Å². The van der Waals surface area contributed by atoms with Crippen LogP contribution in [0.2, 0.25) is 0 Å². The number of hydrogen-bond donors (Lipinski definition) is 0. The first-order chi connectivity index (χ1) is 13.7. The molecule has 3 aromatic rings. The molecule has 3 aromatic heterocycles. The van der Waals surface area contributed by atoms with Crippen LogP contribution < -0.4 is 5.56 Å². The topological polar surface area (TPSA) is 59.6 Å². The summed E-state index contributed by atoms with van der Waals surface area (Å²) < 4.78 is 3.61. The van der Waals surface area contributed by atoms with Crippen LogP contribution in [0.15, 0.2) is 53.6 Å². The van der Waals surface area contributed by atoms with Gasteiger partial charge in [-0.05, 0) is 55.9 Å². The lowest BCUT2D eigenvalue weighted by atomic mass is 9.96. The summed E-state index contributed by atoms with van der Waals surface area (Å²) in [6.07, 6.45) is 8.03. The van der Waals surface area contributed by atoms with Crippen LogP contribution in [-0.2, 0) is 6.54 Å². The van der Waals surface area contributed by atoms with Crippen LogP contribution >= 0.6 is 0 Å². The van der Waals surface area contributed by atoms with Gasteiger partial charge in [0.05, 0.1) is 11.3 Å². The zero-order valence-electron chi connectivity index (χ0n) is 15.8. The molecule has 0 bridgehead atoms. The molecule has 1 aliphatic heterocycles. The van der Waals surface area contributed by atoms with E-state index >= 15 is 0 Å². The van der Waals surface area contributed by atoms with E-state index in [9.17, 15) is 9.59 Å². The number of aromatic nitrogens is 3. The smallest absolute Gasteiger partial charge is 0.266 e. The Bertz CT molecular complexity index is 1040. The molecular weight excluding hydrogens is 352 g/mol. The third-order valence-electron chi connectivity index (χ3n) is 5.97. The normalized spacial score (nSPS) is 17.9. The van der Waals surface area contributed by atoms with Crippen LogP contribution in [0, 0.1) is 5.92 Å². The number of hydrogen-bond acceptors (Lipinski definition) is 3. The number of pyridine rings is 1. The highest BCUT2D eigenvalue weighted by Gasteiger charge is 2.27. The molecule has 0 unspecified atom stereocenters. The number of fused-ring (bicyclic) bond motifs is 1. The molecule has 0 N–H and O–H groups in total. The van der Waals surface area contributed by atoms with Crippen LogP contribution in [0.4, 0.5) is 0 Å². The summed E-state index contributed by atoms with van der Waals surface area (Å²) in [5.41, 5.74) is 2.79. The van der Waals surface area contributed by atoms with Crippen LogP contribution in [0.3, 0.4) is 0 Å². The van der Waals surface area contributed by atoms with Crippen molar-refractivity contribution in [1.82, 2.24) is 19.1 Å². The number of rotatable bonds is 4. The van der Waals surface area contributed by atoms with Gasteiger partial charge in [-0.25, -0.2) is 4.68 Å². The first kappa shape index (κ1) is 17.2. The van der Waals surface area contributed by atoms with Crippen LogP contribution in [0.1, 0.15) is 47.7 Å². The van der Waals surface area contributed by atoms with E-state index in [1.807, 2.05) is 52.0 Å². The lowest BCUT2D eigenvalue weighted by Crippen LogP contribution is -2.40. The highest BCUT2D eigenvalue weighted by atomic mass is 16.2. The van der Waals surface area contributed by atoms with Crippen LogP contribution in [-0.4, -0.2) is 38.1 Å². The molecule has 0 aromatic carbocycles. The molecule has 1 saturated carbocycles. The standard InChI is InChI=1S/C22H24N4O2/c27-21-7-6-20(17-4-5-17)23-26(21)14-16-8-11-24(12-9-16)22(28)18-13-19-3-1-2-10-25(19)15-18/h1-3,6-7,10,13,15-17H,4-5,8-9,11-12,14H2. The Balaban J connectivity index is 1.23. The molecule has 2 aliphatic rings. The molecule has 1 saturated heterocycles. The van der Waals surface area contributed by atoms with Crippen LogP contribution in [0.25, 0.3) is 5.52 Å². The Morgan fingerprint density at radius 2 is 1.89 bits per heavy atom. The summed E-state index contributed by atoms with van der Waals surface area (Å²) in [6, 6.07) is 11.4. The van der Waals surface area contributed by atoms with Crippen molar-refractivity contribution in [3.8, 4) is 0 Å². The van der Waals surface area contributed by atoms with E-state index in [2.05, 4.69) is 5.10 Å². The van der Waals surface area contributed by atoms with E-state index in [4.69, 9.17) is 0 Å². The molecule has 6 nitrogen and oxygen atoms in total. The summed E-state index contributed by atoms with van der Waals surface area (Å²) >= 11 is 0. The van der Waals surface area contributed by atoms with Crippen molar-refractivity contribution in [2.75, 3.05) is 13.1 Å². The predicted molar refractivity (Wildman–Crippen MR) is 106 cm³/mol. The molecule has 28 heavy (non-hydrogen) atoms. The number of amides is 1. The second-order valence-electron chi connectivity index (χ2n) is 8.05. The highest BCUT2D eigenvalue weighted by molar-refractivity contribution is 5.95. The zero-order valence-corrected chi connectivity index (χ0v) is 15.8. The van der Waals surface area contributed by atoms with Gasteiger partial charge in [0.25, 0.3) is 11.5 Å². The highest BCUT2D eigenvalue weighted by Crippen LogP contribution is 2.38. The summed E-state index contributed by atoms with van der Waals surface area (Å²) in [5, 5.41) is 4.58. The van der Waals surface area contributed by atoms with Crippen molar-refractivity contribution in [2.45, 2.75) is 38.1 Å². The van der Waals surface area contributed by atoms with Gasteiger partial charge in [0, 0.05) is 49.5 Å². The summed E-state index contributed by atoms with van der Waals surface area (Å²) in [5.74, 6) is 1.02. The number of nitrogens with zero attached hydrogens (tertiary/aromatic N) is 4. The monoisotopic (exact) mass is 376 g/mol. The molecule has 2 fully saturated rings. The summed E-state index contributed by atoms with van der Waals surface area (Å²) in [4.78, 5) is 27.0. The maximum Gasteiger partial charge on any atom is 0.266 e. The fourth-order valence-electron chi connectivity index (χ4n) is 4.11. The molecule has 4 heterocycles. The first-order valence-corrected chi connectivity index (χ1v) is 10.1. The van der Waals surface area contributed by atoms with E-state index in [0.29, 0.717) is 18.4 Å². The molecule has 144 valence electrons. The van der Waals surface area contributed by atoms with Crippen molar-refractivity contribution in [3.05, 3.63) is 70.4 Å². The Morgan fingerprint density at radius 3 is 2.64 bits per heavy atom. The summed E-state index contributed by atoms with van der Waals surface area (Å²) in [6.45, 7) is 2.11. The average Bonchev–Trinajstić information content (AvgIpc) is 3.48. The number of likely N-dealkylation sites (tertiary alicyclic amines) is 1.